The third kappa shape index (κ3) is 7.33. The monoisotopic (exact) mass is 316 g/mol. The number of nitrogens with zero attached hydrogens (tertiary/aromatic N) is 1. The minimum absolute atomic E-state index is 0.365. The van der Waals surface area contributed by atoms with Gasteiger partial charge in [0.1, 0.15) is 6.61 Å². The minimum Gasteiger partial charge on any atom is -0.463 e. The third-order valence-electron chi connectivity index (χ3n) is 4.16. The molecule has 0 unspecified atom stereocenters. The number of carbonyl (C=O) groups is 1. The van der Waals surface area contributed by atoms with Crippen molar-refractivity contribution in [3.05, 3.63) is 47.7 Å². The highest BCUT2D eigenvalue weighted by atomic mass is 16.5. The SMILES string of the molecule is C(=C1CCNCC1)N1CCCCC1.O=COCc1ccccc1. The summed E-state index contributed by atoms with van der Waals surface area (Å²) in [5.74, 6) is 0. The maximum absolute atomic E-state index is 9.76. The highest BCUT2D eigenvalue weighted by Crippen LogP contribution is 2.15. The fourth-order valence-corrected chi connectivity index (χ4v) is 2.89. The zero-order valence-corrected chi connectivity index (χ0v) is 13.9. The summed E-state index contributed by atoms with van der Waals surface area (Å²) >= 11 is 0. The molecule has 0 bridgehead atoms. The van der Waals surface area contributed by atoms with E-state index in [9.17, 15) is 4.79 Å². The van der Waals surface area contributed by atoms with E-state index in [4.69, 9.17) is 0 Å². The first-order valence-corrected chi connectivity index (χ1v) is 8.62. The largest absolute Gasteiger partial charge is 0.463 e. The Morgan fingerprint density at radius 1 is 1.04 bits per heavy atom. The van der Waals surface area contributed by atoms with E-state index in [0.29, 0.717) is 13.1 Å². The molecule has 0 aromatic heterocycles. The van der Waals surface area contributed by atoms with Gasteiger partial charge in [-0.25, -0.2) is 0 Å². The molecule has 2 aliphatic heterocycles. The fraction of sp³-hybridized carbons (Fsp3) is 0.526. The van der Waals surface area contributed by atoms with E-state index in [2.05, 4.69) is 21.2 Å². The molecule has 1 aromatic rings. The minimum atomic E-state index is 0.365. The fourth-order valence-electron chi connectivity index (χ4n) is 2.89. The molecule has 2 heterocycles. The number of rotatable bonds is 4. The van der Waals surface area contributed by atoms with E-state index < -0.39 is 0 Å². The standard InChI is InChI=1S/C11H20N2.C8H8O2/c1-2-8-13(9-3-1)10-11-4-6-12-7-5-11;9-7-10-6-8-4-2-1-3-5-8/h10,12H,1-9H2;1-5,7H,6H2. The van der Waals surface area contributed by atoms with E-state index in [0.717, 1.165) is 5.56 Å². The van der Waals surface area contributed by atoms with Gasteiger partial charge in [0.25, 0.3) is 6.47 Å². The van der Waals surface area contributed by atoms with Crippen LogP contribution < -0.4 is 5.32 Å². The number of hydrogen-bond donors (Lipinski definition) is 1. The van der Waals surface area contributed by atoms with Crippen molar-refractivity contribution in [1.82, 2.24) is 10.2 Å². The lowest BCUT2D eigenvalue weighted by atomic mass is 10.1. The molecule has 2 aliphatic rings. The number of nitrogens with one attached hydrogen (secondary N) is 1. The first-order chi connectivity index (χ1) is 11.4. The Morgan fingerprint density at radius 2 is 1.74 bits per heavy atom. The molecule has 126 valence electrons. The van der Waals surface area contributed by atoms with Crippen LogP contribution in [0.5, 0.6) is 0 Å². The Hall–Kier alpha value is -1.81. The molecule has 3 rings (SSSR count). The Bertz CT molecular complexity index is 460. The van der Waals surface area contributed by atoms with E-state index >= 15 is 0 Å². The summed E-state index contributed by atoms with van der Waals surface area (Å²) in [5, 5.41) is 3.39. The summed E-state index contributed by atoms with van der Waals surface area (Å²) in [6, 6.07) is 9.55. The predicted molar refractivity (Wildman–Crippen MR) is 92.9 cm³/mol. The van der Waals surface area contributed by atoms with Crippen LogP contribution in [0.25, 0.3) is 0 Å². The average Bonchev–Trinajstić information content (AvgIpc) is 2.63. The van der Waals surface area contributed by atoms with E-state index in [1.807, 2.05) is 30.3 Å². The van der Waals surface area contributed by atoms with Crippen molar-refractivity contribution in [2.24, 2.45) is 0 Å². The molecule has 1 N–H and O–H groups in total. The summed E-state index contributed by atoms with van der Waals surface area (Å²) in [6.07, 6.45) is 9.16. The summed E-state index contributed by atoms with van der Waals surface area (Å²) < 4.78 is 4.54. The molecule has 4 nitrogen and oxygen atoms in total. The third-order valence-corrected chi connectivity index (χ3v) is 4.16. The van der Waals surface area contributed by atoms with Gasteiger partial charge in [-0.1, -0.05) is 35.9 Å². The van der Waals surface area contributed by atoms with Crippen LogP contribution in [0.1, 0.15) is 37.7 Å². The molecule has 0 amide bonds. The second-order valence-corrected chi connectivity index (χ2v) is 6.03. The lowest BCUT2D eigenvalue weighted by Crippen LogP contribution is -2.28. The normalized spacial score (nSPS) is 17.7. The zero-order chi connectivity index (χ0) is 16.2. The van der Waals surface area contributed by atoms with Crippen LogP contribution in [0, 0.1) is 0 Å². The summed E-state index contributed by atoms with van der Waals surface area (Å²) in [5.41, 5.74) is 2.66. The van der Waals surface area contributed by atoms with Gasteiger partial charge < -0.3 is 15.0 Å². The number of likely N-dealkylation sites (tertiary alicyclic amines) is 1. The van der Waals surface area contributed by atoms with Crippen LogP contribution in [-0.4, -0.2) is 37.6 Å². The second kappa shape index (κ2) is 10.8. The van der Waals surface area contributed by atoms with E-state index in [1.54, 1.807) is 5.57 Å². The lowest BCUT2D eigenvalue weighted by Gasteiger charge is -2.27. The maximum Gasteiger partial charge on any atom is 0.293 e. The molecule has 0 saturated carbocycles. The van der Waals surface area contributed by atoms with Crippen LogP contribution >= 0.6 is 0 Å². The molecular formula is C19H28N2O2. The van der Waals surface area contributed by atoms with Crippen molar-refractivity contribution in [2.45, 2.75) is 38.7 Å². The Balaban J connectivity index is 0.000000174. The number of piperidine rings is 2. The molecular weight excluding hydrogens is 288 g/mol. The van der Waals surface area contributed by atoms with Crippen LogP contribution in [0.3, 0.4) is 0 Å². The van der Waals surface area contributed by atoms with Gasteiger partial charge in [0, 0.05) is 13.1 Å². The van der Waals surface area contributed by atoms with Crippen LogP contribution in [0.15, 0.2) is 42.1 Å². The maximum atomic E-state index is 9.76. The number of ether oxygens (including phenoxy) is 1. The highest BCUT2D eigenvalue weighted by molar-refractivity contribution is 5.37. The van der Waals surface area contributed by atoms with Crippen LogP contribution in [0.4, 0.5) is 0 Å². The van der Waals surface area contributed by atoms with Crippen molar-refractivity contribution in [2.75, 3.05) is 26.2 Å². The molecule has 0 spiro atoms. The van der Waals surface area contributed by atoms with Gasteiger partial charge in [0.15, 0.2) is 0 Å². The molecule has 0 radical (unpaired) electrons. The Kier molecular flexibility index (Phi) is 8.27. The average molecular weight is 316 g/mol. The van der Waals surface area contributed by atoms with Crippen molar-refractivity contribution < 1.29 is 9.53 Å². The Morgan fingerprint density at radius 3 is 2.39 bits per heavy atom. The van der Waals surface area contributed by atoms with Gasteiger partial charge in [-0.2, -0.15) is 0 Å². The molecule has 2 saturated heterocycles. The molecule has 0 atom stereocenters. The first-order valence-electron chi connectivity index (χ1n) is 8.62. The molecule has 23 heavy (non-hydrogen) atoms. The van der Waals surface area contributed by atoms with Gasteiger partial charge >= 0.3 is 0 Å². The number of hydrogen-bond acceptors (Lipinski definition) is 4. The van der Waals surface area contributed by atoms with Crippen LogP contribution in [-0.2, 0) is 16.1 Å². The lowest BCUT2D eigenvalue weighted by molar-refractivity contribution is -0.129. The highest BCUT2D eigenvalue weighted by Gasteiger charge is 2.09. The Labute approximate surface area is 139 Å². The van der Waals surface area contributed by atoms with E-state index in [-0.39, 0.29) is 0 Å². The van der Waals surface area contributed by atoms with Gasteiger partial charge in [0.2, 0.25) is 0 Å². The van der Waals surface area contributed by atoms with E-state index in [1.165, 1.54) is 58.3 Å². The van der Waals surface area contributed by atoms with Gasteiger partial charge in [-0.05, 0) is 57.0 Å². The smallest absolute Gasteiger partial charge is 0.293 e. The topological polar surface area (TPSA) is 41.6 Å². The number of carbonyl (C=O) groups excluding carboxylic acids is 1. The quantitative estimate of drug-likeness (QED) is 0.867. The molecule has 0 aliphatic carbocycles. The predicted octanol–water partition coefficient (Wildman–Crippen LogP) is 3.10. The van der Waals surface area contributed by atoms with Gasteiger partial charge in [-0.3, -0.25) is 4.79 Å². The van der Waals surface area contributed by atoms with Crippen LogP contribution in [0.2, 0.25) is 0 Å². The van der Waals surface area contributed by atoms with Crippen molar-refractivity contribution in [1.29, 1.82) is 0 Å². The van der Waals surface area contributed by atoms with Gasteiger partial charge in [-0.15, -0.1) is 0 Å². The summed E-state index contributed by atoms with van der Waals surface area (Å²) in [6.45, 7) is 5.75. The molecule has 4 heteroatoms. The molecule has 2 fully saturated rings. The molecule has 1 aromatic carbocycles. The van der Waals surface area contributed by atoms with Crippen molar-refractivity contribution in [3.63, 3.8) is 0 Å². The summed E-state index contributed by atoms with van der Waals surface area (Å²) in [4.78, 5) is 12.3. The van der Waals surface area contributed by atoms with Gasteiger partial charge in [0.05, 0.1) is 0 Å². The first kappa shape index (κ1) is 17.5. The number of benzene rings is 1. The second-order valence-electron chi connectivity index (χ2n) is 6.03. The van der Waals surface area contributed by atoms with Crippen molar-refractivity contribution >= 4 is 6.47 Å². The van der Waals surface area contributed by atoms with Crippen molar-refractivity contribution in [3.8, 4) is 0 Å². The zero-order valence-electron chi connectivity index (χ0n) is 13.9. The summed E-state index contributed by atoms with van der Waals surface area (Å²) in [7, 11) is 0.